The fourth-order valence-electron chi connectivity index (χ4n) is 4.46. The Morgan fingerprint density at radius 3 is 2.32 bits per heavy atom. The number of ether oxygens (including phenoxy) is 1. The number of pyridine rings is 1. The fraction of sp³-hybridized carbons (Fsp3) is 0.129. The molecule has 0 saturated heterocycles. The Labute approximate surface area is 214 Å². The summed E-state index contributed by atoms with van der Waals surface area (Å²) in [6.45, 7) is 4.06. The molecule has 0 spiro atoms. The van der Waals surface area contributed by atoms with E-state index >= 15 is 0 Å². The standard InChI is InChI=1S/C31H26N2O4/c1-3-24-19-33-27(18-13-20(2)29(33)32-24)28(37-31(36)23-9-5-4-6-10-23)22-16-14-21(15-17-22)25-11-7-8-12-26(25)30(34)35/h4-19,28H,3H2,1-2H3,(H,34,35)/t28-/m1/s1. The molecule has 5 aromatic rings. The van der Waals surface area contributed by atoms with Crippen molar-refractivity contribution in [1.82, 2.24) is 9.38 Å². The first-order chi connectivity index (χ1) is 18.0. The molecule has 0 bridgehead atoms. The minimum absolute atomic E-state index is 0.230. The first-order valence-corrected chi connectivity index (χ1v) is 12.1. The van der Waals surface area contributed by atoms with Crippen molar-refractivity contribution < 1.29 is 19.4 Å². The molecule has 0 radical (unpaired) electrons. The summed E-state index contributed by atoms with van der Waals surface area (Å²) in [5.41, 5.74) is 6.41. The van der Waals surface area contributed by atoms with Gasteiger partial charge in [-0.1, -0.05) is 73.7 Å². The number of carbonyl (C=O) groups is 2. The highest BCUT2D eigenvalue weighted by Crippen LogP contribution is 2.32. The zero-order chi connectivity index (χ0) is 25.9. The van der Waals surface area contributed by atoms with Crippen LogP contribution in [0.1, 0.15) is 56.3 Å². The molecule has 0 aliphatic heterocycles. The molecule has 1 atom stereocenters. The summed E-state index contributed by atoms with van der Waals surface area (Å²) in [6, 6.07) is 27.2. The molecule has 0 aliphatic rings. The number of fused-ring (bicyclic) bond motifs is 1. The lowest BCUT2D eigenvalue weighted by Gasteiger charge is -2.21. The lowest BCUT2D eigenvalue weighted by Crippen LogP contribution is -2.16. The highest BCUT2D eigenvalue weighted by atomic mass is 16.5. The molecular weight excluding hydrogens is 464 g/mol. The molecule has 6 nitrogen and oxygen atoms in total. The maximum atomic E-state index is 13.2. The van der Waals surface area contributed by atoms with Crippen LogP contribution >= 0.6 is 0 Å². The summed E-state index contributed by atoms with van der Waals surface area (Å²) in [6.07, 6.45) is 2.06. The number of hydrogen-bond acceptors (Lipinski definition) is 4. The number of carboxylic acid groups (broad SMARTS) is 1. The van der Waals surface area contributed by atoms with Crippen molar-refractivity contribution in [2.45, 2.75) is 26.4 Å². The average molecular weight is 491 g/mol. The smallest absolute Gasteiger partial charge is 0.339 e. The van der Waals surface area contributed by atoms with Gasteiger partial charge in [-0.25, -0.2) is 14.6 Å². The molecule has 6 heteroatoms. The topological polar surface area (TPSA) is 80.9 Å². The van der Waals surface area contributed by atoms with E-state index in [9.17, 15) is 14.7 Å². The van der Waals surface area contributed by atoms with Crippen LogP contribution in [0, 0.1) is 6.92 Å². The number of carboxylic acids is 1. The Morgan fingerprint density at radius 2 is 1.62 bits per heavy atom. The summed E-state index contributed by atoms with van der Waals surface area (Å²) in [7, 11) is 0. The predicted octanol–water partition coefficient (Wildman–Crippen LogP) is 6.52. The van der Waals surface area contributed by atoms with Crippen LogP contribution in [0.15, 0.2) is 97.2 Å². The van der Waals surface area contributed by atoms with Gasteiger partial charge in [-0.2, -0.15) is 0 Å². The van der Waals surface area contributed by atoms with E-state index in [0.29, 0.717) is 11.1 Å². The summed E-state index contributed by atoms with van der Waals surface area (Å²) >= 11 is 0. The number of aromatic carboxylic acids is 1. The molecule has 2 heterocycles. The van der Waals surface area contributed by atoms with Crippen molar-refractivity contribution in [3.05, 3.63) is 131 Å². The van der Waals surface area contributed by atoms with Crippen LogP contribution in [-0.2, 0) is 11.2 Å². The molecule has 0 saturated carbocycles. The molecular formula is C31H26N2O4. The van der Waals surface area contributed by atoms with Crippen molar-refractivity contribution in [3.63, 3.8) is 0 Å². The molecule has 5 rings (SSSR count). The van der Waals surface area contributed by atoms with Gasteiger partial charge in [0.25, 0.3) is 0 Å². The molecule has 0 fully saturated rings. The first-order valence-electron chi connectivity index (χ1n) is 12.1. The van der Waals surface area contributed by atoms with Crippen molar-refractivity contribution in [1.29, 1.82) is 0 Å². The number of imidazole rings is 1. The third-order valence-electron chi connectivity index (χ3n) is 6.44. The molecule has 37 heavy (non-hydrogen) atoms. The number of aryl methyl sites for hydroxylation is 2. The van der Waals surface area contributed by atoms with Crippen LogP contribution in [0.2, 0.25) is 0 Å². The normalized spacial score (nSPS) is 11.8. The van der Waals surface area contributed by atoms with Crippen LogP contribution in [0.4, 0.5) is 0 Å². The second-order valence-electron chi connectivity index (χ2n) is 8.84. The zero-order valence-corrected chi connectivity index (χ0v) is 20.6. The molecule has 3 aromatic carbocycles. The lowest BCUT2D eigenvalue weighted by molar-refractivity contribution is 0.0368. The maximum absolute atomic E-state index is 13.2. The molecule has 1 N–H and O–H groups in total. The van der Waals surface area contributed by atoms with E-state index in [1.807, 2.05) is 66.1 Å². The van der Waals surface area contributed by atoms with Gasteiger partial charge in [0.1, 0.15) is 5.65 Å². The number of benzene rings is 3. The van der Waals surface area contributed by atoms with Gasteiger partial charge in [0, 0.05) is 6.20 Å². The average Bonchev–Trinajstić information content (AvgIpc) is 3.38. The van der Waals surface area contributed by atoms with Gasteiger partial charge in [0.2, 0.25) is 0 Å². The van der Waals surface area contributed by atoms with Gasteiger partial charge in [-0.05, 0) is 59.9 Å². The number of esters is 1. The number of aromatic nitrogens is 2. The third-order valence-corrected chi connectivity index (χ3v) is 6.44. The molecule has 0 amide bonds. The minimum Gasteiger partial charge on any atom is -0.478 e. The summed E-state index contributed by atoms with van der Waals surface area (Å²) in [5, 5.41) is 9.60. The Balaban J connectivity index is 1.60. The van der Waals surface area contributed by atoms with E-state index in [1.54, 1.807) is 42.5 Å². The minimum atomic E-state index is -0.983. The Hall–Kier alpha value is -4.71. The first kappa shape index (κ1) is 24.0. The summed E-state index contributed by atoms with van der Waals surface area (Å²) < 4.78 is 8.12. The Morgan fingerprint density at radius 1 is 0.919 bits per heavy atom. The number of rotatable bonds is 7. The SMILES string of the molecule is CCc1cn2c([C@H](OC(=O)c3ccccc3)c3ccc(-c4ccccc4C(=O)O)cc3)ccc(C)c2n1. The van der Waals surface area contributed by atoms with Gasteiger partial charge in [0.05, 0.1) is 22.5 Å². The monoisotopic (exact) mass is 490 g/mol. The quantitative estimate of drug-likeness (QED) is 0.263. The van der Waals surface area contributed by atoms with E-state index in [1.165, 1.54) is 0 Å². The van der Waals surface area contributed by atoms with E-state index in [2.05, 4.69) is 6.92 Å². The molecule has 0 aliphatic carbocycles. The summed E-state index contributed by atoms with van der Waals surface area (Å²) in [4.78, 5) is 29.6. The van der Waals surface area contributed by atoms with E-state index in [-0.39, 0.29) is 5.56 Å². The van der Waals surface area contributed by atoms with E-state index in [0.717, 1.165) is 40.1 Å². The van der Waals surface area contributed by atoms with Gasteiger partial charge in [-0.3, -0.25) is 4.40 Å². The zero-order valence-electron chi connectivity index (χ0n) is 20.6. The fourth-order valence-corrected chi connectivity index (χ4v) is 4.46. The van der Waals surface area contributed by atoms with Crippen molar-refractivity contribution in [2.24, 2.45) is 0 Å². The highest BCUT2D eigenvalue weighted by Gasteiger charge is 2.24. The predicted molar refractivity (Wildman–Crippen MR) is 142 cm³/mol. The second-order valence-corrected chi connectivity index (χ2v) is 8.84. The highest BCUT2D eigenvalue weighted by molar-refractivity contribution is 5.96. The van der Waals surface area contributed by atoms with E-state index < -0.39 is 18.0 Å². The third kappa shape index (κ3) is 4.74. The Bertz CT molecular complexity index is 1590. The molecule has 184 valence electrons. The van der Waals surface area contributed by atoms with Crippen LogP contribution in [0.5, 0.6) is 0 Å². The Kier molecular flexibility index (Phi) is 6.56. The number of carbonyl (C=O) groups excluding carboxylic acids is 1. The van der Waals surface area contributed by atoms with Crippen LogP contribution in [-0.4, -0.2) is 26.4 Å². The van der Waals surface area contributed by atoms with Crippen molar-refractivity contribution in [3.8, 4) is 11.1 Å². The van der Waals surface area contributed by atoms with Gasteiger partial charge < -0.3 is 9.84 Å². The van der Waals surface area contributed by atoms with Crippen LogP contribution in [0.25, 0.3) is 16.8 Å². The lowest BCUT2D eigenvalue weighted by atomic mass is 9.96. The maximum Gasteiger partial charge on any atom is 0.339 e. The summed E-state index contributed by atoms with van der Waals surface area (Å²) in [5.74, 6) is -1.42. The van der Waals surface area contributed by atoms with Gasteiger partial charge in [-0.15, -0.1) is 0 Å². The largest absolute Gasteiger partial charge is 0.478 e. The molecule has 2 aromatic heterocycles. The second kappa shape index (κ2) is 10.1. The van der Waals surface area contributed by atoms with E-state index in [4.69, 9.17) is 9.72 Å². The molecule has 0 unspecified atom stereocenters. The van der Waals surface area contributed by atoms with Gasteiger partial charge in [0.15, 0.2) is 6.10 Å². The van der Waals surface area contributed by atoms with Gasteiger partial charge >= 0.3 is 11.9 Å². The van der Waals surface area contributed by atoms with Crippen molar-refractivity contribution in [2.75, 3.05) is 0 Å². The van der Waals surface area contributed by atoms with Crippen LogP contribution in [0.3, 0.4) is 0 Å². The number of nitrogens with zero attached hydrogens (tertiary/aromatic N) is 2. The van der Waals surface area contributed by atoms with Crippen LogP contribution < -0.4 is 0 Å². The van der Waals surface area contributed by atoms with Crippen molar-refractivity contribution >= 4 is 17.6 Å². The number of hydrogen-bond donors (Lipinski definition) is 1.